The normalized spacial score (nSPS) is 15.1. The van der Waals surface area contributed by atoms with Crippen molar-refractivity contribution in [2.24, 2.45) is 0 Å². The predicted molar refractivity (Wildman–Crippen MR) is 135 cm³/mol. The Morgan fingerprint density at radius 3 is 2.35 bits per heavy atom. The number of sulfonamides is 1. The molecule has 34 heavy (non-hydrogen) atoms. The van der Waals surface area contributed by atoms with Crippen molar-refractivity contribution < 1.29 is 18.0 Å². The van der Waals surface area contributed by atoms with E-state index in [1.165, 1.54) is 11.0 Å². The molecule has 0 spiro atoms. The number of nitrogens with one attached hydrogen (secondary N) is 1. The maximum Gasteiger partial charge on any atom is 0.244 e. The van der Waals surface area contributed by atoms with Crippen LogP contribution in [0.5, 0.6) is 0 Å². The largest absolute Gasteiger partial charge is 0.352 e. The van der Waals surface area contributed by atoms with Crippen molar-refractivity contribution in [1.29, 1.82) is 0 Å². The molecule has 2 amide bonds. The fourth-order valence-corrected chi connectivity index (χ4v) is 5.14. The second-order valence-electron chi connectivity index (χ2n) is 8.92. The maximum atomic E-state index is 13.5. The Labute approximate surface area is 207 Å². The summed E-state index contributed by atoms with van der Waals surface area (Å²) in [6.45, 7) is 3.40. The van der Waals surface area contributed by atoms with Crippen LogP contribution in [-0.4, -0.2) is 50.0 Å². The van der Waals surface area contributed by atoms with Crippen LogP contribution in [0.1, 0.15) is 43.7 Å². The molecule has 1 saturated carbocycles. The molecule has 0 unspecified atom stereocenters. The Morgan fingerprint density at radius 1 is 1.12 bits per heavy atom. The number of anilines is 1. The highest BCUT2D eigenvalue weighted by molar-refractivity contribution is 7.92. The van der Waals surface area contributed by atoms with E-state index in [4.69, 9.17) is 11.6 Å². The highest BCUT2D eigenvalue weighted by atomic mass is 35.5. The fraction of sp³-hybridized carbons (Fsp3) is 0.440. The van der Waals surface area contributed by atoms with Crippen molar-refractivity contribution in [3.8, 4) is 0 Å². The molecule has 3 rings (SSSR count). The molecule has 1 N–H and O–H groups in total. The zero-order chi connectivity index (χ0) is 24.9. The average Bonchev–Trinajstić information content (AvgIpc) is 3.28. The lowest BCUT2D eigenvalue weighted by Gasteiger charge is -2.32. The quantitative estimate of drug-likeness (QED) is 0.560. The number of carbonyl (C=O) groups is 2. The van der Waals surface area contributed by atoms with Crippen LogP contribution in [0.2, 0.25) is 5.02 Å². The summed E-state index contributed by atoms with van der Waals surface area (Å²) in [6.07, 6.45) is 5.06. The maximum absolute atomic E-state index is 13.5. The Balaban J connectivity index is 1.87. The van der Waals surface area contributed by atoms with Gasteiger partial charge in [0.05, 0.1) is 11.9 Å². The second-order valence-corrected chi connectivity index (χ2v) is 11.3. The van der Waals surface area contributed by atoms with E-state index in [0.29, 0.717) is 10.7 Å². The summed E-state index contributed by atoms with van der Waals surface area (Å²) in [5.41, 5.74) is 2.23. The standard InChI is InChI=1S/C25H32ClN3O4S/c1-18-11-13-20(14-12-18)16-28(19(2)25(31)27-22-8-4-5-9-22)24(30)17-29(34(3,32)33)23-10-6-7-21(26)15-23/h6-7,10-15,19,22H,4-5,8-9,16-17H2,1-3H3,(H,27,31)/t19-/m1/s1. The lowest BCUT2D eigenvalue weighted by Crippen LogP contribution is -2.52. The van der Waals surface area contributed by atoms with Gasteiger partial charge in [0.15, 0.2) is 0 Å². The first-order valence-corrected chi connectivity index (χ1v) is 13.7. The highest BCUT2D eigenvalue weighted by Crippen LogP contribution is 2.23. The number of nitrogens with zero attached hydrogens (tertiary/aromatic N) is 2. The van der Waals surface area contributed by atoms with Crippen molar-refractivity contribution in [1.82, 2.24) is 10.2 Å². The van der Waals surface area contributed by atoms with Crippen molar-refractivity contribution in [2.75, 3.05) is 17.1 Å². The zero-order valence-electron chi connectivity index (χ0n) is 19.8. The van der Waals surface area contributed by atoms with Crippen molar-refractivity contribution >= 4 is 39.1 Å². The molecule has 0 heterocycles. The topological polar surface area (TPSA) is 86.8 Å². The third kappa shape index (κ3) is 6.96. The van der Waals surface area contributed by atoms with Gasteiger partial charge in [0, 0.05) is 17.6 Å². The SMILES string of the molecule is Cc1ccc(CN(C(=O)CN(c2cccc(Cl)c2)S(C)(=O)=O)[C@H](C)C(=O)NC2CCCC2)cc1. The summed E-state index contributed by atoms with van der Waals surface area (Å²) < 4.78 is 26.1. The second kappa shape index (κ2) is 11.2. The van der Waals surface area contributed by atoms with E-state index in [-0.39, 0.29) is 18.5 Å². The van der Waals surface area contributed by atoms with Crippen LogP contribution >= 0.6 is 11.6 Å². The number of halogens is 1. The van der Waals surface area contributed by atoms with E-state index in [0.717, 1.165) is 47.4 Å². The molecule has 1 aliphatic carbocycles. The lowest BCUT2D eigenvalue weighted by molar-refractivity contribution is -0.139. The summed E-state index contributed by atoms with van der Waals surface area (Å²) >= 11 is 6.06. The zero-order valence-corrected chi connectivity index (χ0v) is 21.4. The Morgan fingerprint density at radius 2 is 1.76 bits per heavy atom. The molecular weight excluding hydrogens is 474 g/mol. The predicted octanol–water partition coefficient (Wildman–Crippen LogP) is 3.89. The van der Waals surface area contributed by atoms with Gasteiger partial charge in [-0.25, -0.2) is 8.42 Å². The van der Waals surface area contributed by atoms with Crippen LogP contribution in [0.4, 0.5) is 5.69 Å². The van der Waals surface area contributed by atoms with E-state index < -0.39 is 28.5 Å². The van der Waals surface area contributed by atoms with Gasteiger partial charge < -0.3 is 10.2 Å². The van der Waals surface area contributed by atoms with Crippen LogP contribution in [0.25, 0.3) is 0 Å². The summed E-state index contributed by atoms with van der Waals surface area (Å²) in [4.78, 5) is 28.0. The molecule has 184 valence electrons. The number of amides is 2. The molecule has 2 aromatic rings. The van der Waals surface area contributed by atoms with Crippen LogP contribution in [-0.2, 0) is 26.2 Å². The molecule has 7 nitrogen and oxygen atoms in total. The number of hydrogen-bond donors (Lipinski definition) is 1. The minimum Gasteiger partial charge on any atom is -0.352 e. The molecule has 2 aromatic carbocycles. The first-order chi connectivity index (χ1) is 16.0. The van der Waals surface area contributed by atoms with Crippen LogP contribution in [0.15, 0.2) is 48.5 Å². The molecule has 0 saturated heterocycles. The molecule has 9 heteroatoms. The van der Waals surface area contributed by atoms with Gasteiger partial charge in [0.25, 0.3) is 0 Å². The van der Waals surface area contributed by atoms with E-state index in [9.17, 15) is 18.0 Å². The van der Waals surface area contributed by atoms with Crippen molar-refractivity contribution in [3.05, 3.63) is 64.7 Å². The molecule has 0 bridgehead atoms. The van der Waals surface area contributed by atoms with E-state index in [2.05, 4.69) is 5.32 Å². The molecule has 0 radical (unpaired) electrons. The highest BCUT2D eigenvalue weighted by Gasteiger charge is 2.31. The van der Waals surface area contributed by atoms with E-state index in [1.807, 2.05) is 31.2 Å². The summed E-state index contributed by atoms with van der Waals surface area (Å²) in [5.74, 6) is -0.707. The monoisotopic (exact) mass is 505 g/mol. The molecule has 1 aliphatic rings. The van der Waals surface area contributed by atoms with Crippen molar-refractivity contribution in [2.45, 2.75) is 58.2 Å². The van der Waals surface area contributed by atoms with Gasteiger partial charge in [-0.3, -0.25) is 13.9 Å². The third-order valence-corrected chi connectivity index (χ3v) is 7.49. The molecule has 1 fully saturated rings. The van der Waals surface area contributed by atoms with E-state index >= 15 is 0 Å². The Kier molecular flexibility index (Phi) is 8.60. The fourth-order valence-electron chi connectivity index (χ4n) is 4.11. The third-order valence-electron chi connectivity index (χ3n) is 6.12. The molecular formula is C25H32ClN3O4S. The minimum absolute atomic E-state index is 0.116. The van der Waals surface area contributed by atoms with Gasteiger partial charge in [0.2, 0.25) is 21.8 Å². The lowest BCUT2D eigenvalue weighted by atomic mass is 10.1. The molecule has 0 aromatic heterocycles. The minimum atomic E-state index is -3.78. The van der Waals surface area contributed by atoms with Crippen LogP contribution in [0.3, 0.4) is 0 Å². The smallest absolute Gasteiger partial charge is 0.244 e. The average molecular weight is 506 g/mol. The number of aryl methyl sites for hydroxylation is 1. The molecule has 1 atom stereocenters. The Hall–Kier alpha value is -2.58. The van der Waals surface area contributed by atoms with Crippen LogP contribution < -0.4 is 9.62 Å². The summed E-state index contributed by atoms with van der Waals surface area (Å²) in [6, 6.07) is 13.4. The first-order valence-electron chi connectivity index (χ1n) is 11.4. The van der Waals surface area contributed by atoms with Gasteiger partial charge in [-0.2, -0.15) is 0 Å². The van der Waals surface area contributed by atoms with Gasteiger partial charge >= 0.3 is 0 Å². The Bertz CT molecular complexity index is 1120. The van der Waals surface area contributed by atoms with Gasteiger partial charge in [-0.05, 0) is 50.5 Å². The number of carbonyl (C=O) groups excluding carboxylic acids is 2. The number of benzene rings is 2. The van der Waals surface area contributed by atoms with Crippen LogP contribution in [0, 0.1) is 6.92 Å². The van der Waals surface area contributed by atoms with Gasteiger partial charge in [-0.1, -0.05) is 60.3 Å². The van der Waals surface area contributed by atoms with Gasteiger partial charge in [-0.15, -0.1) is 0 Å². The van der Waals surface area contributed by atoms with Crippen molar-refractivity contribution in [3.63, 3.8) is 0 Å². The first kappa shape index (κ1) is 26.0. The summed E-state index contributed by atoms with van der Waals surface area (Å²) in [5, 5.41) is 3.41. The number of rotatable bonds is 9. The molecule has 0 aliphatic heterocycles. The number of hydrogen-bond acceptors (Lipinski definition) is 4. The van der Waals surface area contributed by atoms with Gasteiger partial charge in [0.1, 0.15) is 12.6 Å². The van der Waals surface area contributed by atoms with E-state index in [1.54, 1.807) is 25.1 Å². The summed E-state index contributed by atoms with van der Waals surface area (Å²) in [7, 11) is -3.78.